The molecule has 102 valence electrons. The molecular weight excluding hydrogens is 342 g/mol. The van der Waals surface area contributed by atoms with E-state index in [1.54, 1.807) is 36.4 Å². The molecule has 5 nitrogen and oxygen atoms in total. The Morgan fingerprint density at radius 1 is 1.30 bits per heavy atom. The second-order valence-electron chi connectivity index (χ2n) is 3.99. The van der Waals surface area contributed by atoms with E-state index in [2.05, 4.69) is 25.6 Å². The molecule has 0 saturated carbocycles. The second kappa shape index (κ2) is 6.03. The van der Waals surface area contributed by atoms with E-state index >= 15 is 0 Å². The first-order valence-electron chi connectivity index (χ1n) is 5.60. The fraction of sp³-hybridized carbons (Fsp3) is 0.0769. The third-order valence-corrected chi connectivity index (χ3v) is 4.17. The fourth-order valence-electron chi connectivity index (χ4n) is 1.62. The number of nitriles is 1. The number of rotatable bonds is 4. The molecule has 1 N–H and O–H groups in total. The molecule has 0 atom stereocenters. The highest BCUT2D eigenvalue weighted by Crippen LogP contribution is 2.16. The lowest BCUT2D eigenvalue weighted by Crippen LogP contribution is -2.16. The summed E-state index contributed by atoms with van der Waals surface area (Å²) < 4.78 is 27.3. The highest BCUT2D eigenvalue weighted by atomic mass is 79.9. The third-order valence-electron chi connectivity index (χ3n) is 2.47. The van der Waals surface area contributed by atoms with Gasteiger partial charge in [0.2, 0.25) is 10.0 Å². The smallest absolute Gasteiger partial charge is 0.238 e. The Morgan fingerprint density at radius 3 is 2.75 bits per heavy atom. The SMILES string of the molecule is N#Cc1ccccc1CS(=O)(=O)Nc1cc(Br)ccn1. The van der Waals surface area contributed by atoms with E-state index in [4.69, 9.17) is 5.26 Å². The number of benzene rings is 1. The minimum Gasteiger partial charge on any atom is -0.267 e. The number of hydrogen-bond acceptors (Lipinski definition) is 4. The Bertz CT molecular complexity index is 769. The summed E-state index contributed by atoms with van der Waals surface area (Å²) in [7, 11) is -3.62. The molecule has 0 spiro atoms. The summed E-state index contributed by atoms with van der Waals surface area (Å²) in [5, 5.41) is 8.96. The molecule has 2 aromatic rings. The lowest BCUT2D eigenvalue weighted by atomic mass is 10.1. The maximum Gasteiger partial charge on any atom is 0.238 e. The monoisotopic (exact) mass is 351 g/mol. The molecule has 20 heavy (non-hydrogen) atoms. The maximum absolute atomic E-state index is 12.1. The molecule has 1 aromatic carbocycles. The summed E-state index contributed by atoms with van der Waals surface area (Å²) in [6.07, 6.45) is 1.49. The topological polar surface area (TPSA) is 82.8 Å². The van der Waals surface area contributed by atoms with Crippen LogP contribution in [0.3, 0.4) is 0 Å². The lowest BCUT2D eigenvalue weighted by Gasteiger charge is -2.08. The quantitative estimate of drug-likeness (QED) is 0.917. The first-order valence-corrected chi connectivity index (χ1v) is 8.05. The van der Waals surface area contributed by atoms with Crippen molar-refractivity contribution in [3.8, 4) is 6.07 Å². The van der Waals surface area contributed by atoms with Gasteiger partial charge in [-0.25, -0.2) is 13.4 Å². The predicted octanol–water partition coefficient (Wildman–Crippen LogP) is 2.66. The zero-order valence-corrected chi connectivity index (χ0v) is 12.6. The van der Waals surface area contributed by atoms with Gasteiger partial charge in [0.25, 0.3) is 0 Å². The number of nitrogens with one attached hydrogen (secondary N) is 1. The number of sulfonamides is 1. The minimum absolute atomic E-state index is 0.230. The highest BCUT2D eigenvalue weighted by molar-refractivity contribution is 9.10. The Morgan fingerprint density at radius 2 is 2.05 bits per heavy atom. The number of hydrogen-bond donors (Lipinski definition) is 1. The van der Waals surface area contributed by atoms with E-state index in [0.29, 0.717) is 11.1 Å². The lowest BCUT2D eigenvalue weighted by molar-refractivity contribution is 0.600. The van der Waals surface area contributed by atoms with Crippen LogP contribution in [0.4, 0.5) is 5.82 Å². The molecule has 0 aliphatic heterocycles. The van der Waals surface area contributed by atoms with Gasteiger partial charge in [0.05, 0.1) is 17.4 Å². The van der Waals surface area contributed by atoms with E-state index in [1.807, 2.05) is 6.07 Å². The third kappa shape index (κ3) is 3.79. The molecule has 7 heteroatoms. The Hall–Kier alpha value is -1.91. The zero-order chi connectivity index (χ0) is 14.6. The molecule has 2 rings (SSSR count). The van der Waals surface area contributed by atoms with Gasteiger partial charge in [-0.1, -0.05) is 34.1 Å². The van der Waals surface area contributed by atoms with Crippen LogP contribution in [0.15, 0.2) is 47.1 Å². The average Bonchev–Trinajstić information content (AvgIpc) is 2.38. The number of nitrogens with zero attached hydrogens (tertiary/aromatic N) is 2. The summed E-state index contributed by atoms with van der Waals surface area (Å²) in [6.45, 7) is 0. The molecule has 0 aliphatic rings. The van der Waals surface area contributed by atoms with Gasteiger partial charge in [-0.15, -0.1) is 0 Å². The first-order chi connectivity index (χ1) is 9.50. The van der Waals surface area contributed by atoms with Crippen LogP contribution in [0.5, 0.6) is 0 Å². The average molecular weight is 352 g/mol. The van der Waals surface area contributed by atoms with Gasteiger partial charge in [0.15, 0.2) is 0 Å². The molecule has 0 amide bonds. The summed E-state index contributed by atoms with van der Waals surface area (Å²) >= 11 is 3.24. The normalized spacial score (nSPS) is 10.8. The largest absolute Gasteiger partial charge is 0.267 e. The van der Waals surface area contributed by atoms with Crippen molar-refractivity contribution in [3.63, 3.8) is 0 Å². The van der Waals surface area contributed by atoms with Crippen LogP contribution in [0, 0.1) is 11.3 Å². The van der Waals surface area contributed by atoms with Crippen LogP contribution in [0.25, 0.3) is 0 Å². The fourth-order valence-corrected chi connectivity index (χ4v) is 3.11. The molecule has 1 aromatic heterocycles. The molecular formula is C13H10BrN3O2S. The van der Waals surface area contributed by atoms with Crippen molar-refractivity contribution in [3.05, 3.63) is 58.2 Å². The van der Waals surface area contributed by atoms with Crippen LogP contribution >= 0.6 is 15.9 Å². The van der Waals surface area contributed by atoms with Gasteiger partial charge >= 0.3 is 0 Å². The van der Waals surface area contributed by atoms with E-state index in [9.17, 15) is 8.42 Å². The van der Waals surface area contributed by atoms with Gasteiger partial charge in [-0.05, 0) is 23.8 Å². The van der Waals surface area contributed by atoms with Crippen molar-refractivity contribution in [2.24, 2.45) is 0 Å². The molecule has 0 unspecified atom stereocenters. The van der Waals surface area contributed by atoms with Crippen molar-refractivity contribution in [1.82, 2.24) is 4.98 Å². The van der Waals surface area contributed by atoms with Gasteiger partial charge in [-0.2, -0.15) is 5.26 Å². The number of anilines is 1. The molecule has 0 radical (unpaired) electrons. The number of halogens is 1. The molecule has 0 bridgehead atoms. The highest BCUT2D eigenvalue weighted by Gasteiger charge is 2.15. The summed E-state index contributed by atoms with van der Waals surface area (Å²) in [5.41, 5.74) is 0.803. The van der Waals surface area contributed by atoms with Crippen molar-refractivity contribution in [2.45, 2.75) is 5.75 Å². The van der Waals surface area contributed by atoms with Crippen molar-refractivity contribution >= 4 is 31.8 Å². The van der Waals surface area contributed by atoms with Crippen LogP contribution in [-0.2, 0) is 15.8 Å². The second-order valence-corrected chi connectivity index (χ2v) is 6.63. The van der Waals surface area contributed by atoms with Crippen LogP contribution in [0.1, 0.15) is 11.1 Å². The van der Waals surface area contributed by atoms with E-state index in [1.165, 1.54) is 6.20 Å². The van der Waals surface area contributed by atoms with Crippen molar-refractivity contribution in [2.75, 3.05) is 4.72 Å². The van der Waals surface area contributed by atoms with Gasteiger partial charge in [0, 0.05) is 10.7 Å². The number of pyridine rings is 1. The van der Waals surface area contributed by atoms with Gasteiger partial charge in [0.1, 0.15) is 5.82 Å². The summed E-state index contributed by atoms with van der Waals surface area (Å²) in [6, 6.07) is 11.8. The molecule has 0 aliphatic carbocycles. The first kappa shape index (κ1) is 14.5. The summed E-state index contributed by atoms with van der Waals surface area (Å²) in [4.78, 5) is 3.92. The van der Waals surface area contributed by atoms with E-state index < -0.39 is 10.0 Å². The Kier molecular flexibility index (Phi) is 4.37. The molecule has 0 saturated heterocycles. The van der Waals surface area contributed by atoms with E-state index in [0.717, 1.165) is 4.47 Å². The summed E-state index contributed by atoms with van der Waals surface area (Å²) in [5.74, 6) is -0.0425. The Labute approximate surface area is 125 Å². The minimum atomic E-state index is -3.62. The standard InChI is InChI=1S/C13H10BrN3O2S/c14-12-5-6-16-13(7-12)17-20(18,19)9-11-4-2-1-3-10(11)8-15/h1-7H,9H2,(H,16,17). The van der Waals surface area contributed by atoms with Crippen LogP contribution in [0.2, 0.25) is 0 Å². The van der Waals surface area contributed by atoms with Crippen molar-refractivity contribution < 1.29 is 8.42 Å². The maximum atomic E-state index is 12.1. The van der Waals surface area contributed by atoms with Gasteiger partial charge in [-0.3, -0.25) is 4.72 Å². The number of aromatic nitrogens is 1. The Balaban J connectivity index is 2.22. The van der Waals surface area contributed by atoms with Gasteiger partial charge < -0.3 is 0 Å². The molecule has 1 heterocycles. The van der Waals surface area contributed by atoms with E-state index in [-0.39, 0.29) is 11.6 Å². The predicted molar refractivity (Wildman–Crippen MR) is 79.3 cm³/mol. The molecule has 0 fully saturated rings. The zero-order valence-electron chi connectivity index (χ0n) is 10.2. The van der Waals surface area contributed by atoms with Crippen LogP contribution < -0.4 is 4.72 Å². The van der Waals surface area contributed by atoms with Crippen LogP contribution in [-0.4, -0.2) is 13.4 Å². The van der Waals surface area contributed by atoms with Crippen molar-refractivity contribution in [1.29, 1.82) is 5.26 Å².